The number of halogens is 1. The fourth-order valence-electron chi connectivity index (χ4n) is 2.33. The van der Waals surface area contributed by atoms with Gasteiger partial charge in [0.05, 0.1) is 9.82 Å². The van der Waals surface area contributed by atoms with E-state index >= 15 is 0 Å². The lowest BCUT2D eigenvalue weighted by Crippen LogP contribution is -2.30. The van der Waals surface area contributed by atoms with Gasteiger partial charge in [-0.15, -0.1) is 0 Å². The lowest BCUT2D eigenvalue weighted by Gasteiger charge is -2.18. The molecule has 7 nitrogen and oxygen atoms in total. The molecule has 0 unspecified atom stereocenters. The molecule has 0 heterocycles. The van der Waals surface area contributed by atoms with Gasteiger partial charge in [-0.2, -0.15) is 4.31 Å². The van der Waals surface area contributed by atoms with Crippen molar-refractivity contribution < 1.29 is 17.7 Å². The molecule has 0 radical (unpaired) electrons. The van der Waals surface area contributed by atoms with E-state index in [0.717, 1.165) is 6.07 Å². The Bertz CT molecular complexity index is 865. The number of hydrogen-bond acceptors (Lipinski definition) is 5. The SMILES string of the molecule is CCN(CC)S(=O)(=O)c1ccc(Nc2ccc(F)cc2)c([N+](=O)[O-])c1. The van der Waals surface area contributed by atoms with Crippen molar-refractivity contribution >= 4 is 27.1 Å². The summed E-state index contributed by atoms with van der Waals surface area (Å²) < 4.78 is 39.2. The highest BCUT2D eigenvalue weighted by Gasteiger charge is 2.25. The minimum Gasteiger partial charge on any atom is -0.350 e. The molecule has 134 valence electrons. The van der Waals surface area contributed by atoms with Crippen molar-refractivity contribution in [2.45, 2.75) is 18.7 Å². The predicted molar refractivity (Wildman–Crippen MR) is 92.9 cm³/mol. The zero-order valence-corrected chi connectivity index (χ0v) is 14.6. The Balaban J connectivity index is 2.44. The maximum atomic E-state index is 13.0. The van der Waals surface area contributed by atoms with Gasteiger partial charge in [-0.25, -0.2) is 12.8 Å². The minimum atomic E-state index is -3.80. The van der Waals surface area contributed by atoms with E-state index in [9.17, 15) is 22.9 Å². The first-order chi connectivity index (χ1) is 11.8. The first-order valence-electron chi connectivity index (χ1n) is 7.60. The molecule has 0 bridgehead atoms. The molecule has 2 aromatic carbocycles. The van der Waals surface area contributed by atoms with E-state index < -0.39 is 20.8 Å². The summed E-state index contributed by atoms with van der Waals surface area (Å²) in [6.07, 6.45) is 0. The van der Waals surface area contributed by atoms with Crippen LogP contribution < -0.4 is 5.32 Å². The number of nitro benzene ring substituents is 1. The highest BCUT2D eigenvalue weighted by molar-refractivity contribution is 7.89. The van der Waals surface area contributed by atoms with Gasteiger partial charge in [-0.3, -0.25) is 10.1 Å². The summed E-state index contributed by atoms with van der Waals surface area (Å²) in [7, 11) is -3.80. The molecule has 0 aliphatic heterocycles. The largest absolute Gasteiger partial charge is 0.350 e. The maximum absolute atomic E-state index is 13.0. The van der Waals surface area contributed by atoms with Crippen molar-refractivity contribution in [3.63, 3.8) is 0 Å². The van der Waals surface area contributed by atoms with Gasteiger partial charge in [-0.05, 0) is 36.4 Å². The van der Waals surface area contributed by atoms with Crippen molar-refractivity contribution in [2.75, 3.05) is 18.4 Å². The third-order valence-corrected chi connectivity index (χ3v) is 5.68. The third kappa shape index (κ3) is 4.12. The molecule has 2 rings (SSSR count). The number of rotatable bonds is 7. The van der Waals surface area contributed by atoms with Crippen LogP contribution in [0.15, 0.2) is 47.4 Å². The molecular weight excluding hydrogens is 349 g/mol. The van der Waals surface area contributed by atoms with Crippen molar-refractivity contribution in [1.82, 2.24) is 4.31 Å². The third-order valence-electron chi connectivity index (χ3n) is 3.63. The highest BCUT2D eigenvalue weighted by atomic mass is 32.2. The highest BCUT2D eigenvalue weighted by Crippen LogP contribution is 2.31. The molecule has 0 saturated heterocycles. The number of nitrogens with zero attached hydrogens (tertiary/aromatic N) is 2. The van der Waals surface area contributed by atoms with Crippen LogP contribution >= 0.6 is 0 Å². The van der Waals surface area contributed by atoms with E-state index in [1.54, 1.807) is 13.8 Å². The molecular formula is C16H18FN3O4S. The lowest BCUT2D eigenvalue weighted by molar-refractivity contribution is -0.384. The lowest BCUT2D eigenvalue weighted by atomic mass is 10.2. The average molecular weight is 367 g/mol. The first-order valence-corrected chi connectivity index (χ1v) is 9.04. The van der Waals surface area contributed by atoms with Gasteiger partial charge in [-0.1, -0.05) is 13.8 Å². The summed E-state index contributed by atoms with van der Waals surface area (Å²) in [5.74, 6) is -0.430. The monoisotopic (exact) mass is 367 g/mol. The second-order valence-corrected chi connectivity index (χ2v) is 7.10. The average Bonchev–Trinajstić information content (AvgIpc) is 2.57. The Labute approximate surface area is 145 Å². The van der Waals surface area contributed by atoms with Crippen LogP contribution in [-0.2, 0) is 10.0 Å². The summed E-state index contributed by atoms with van der Waals surface area (Å²) in [4.78, 5) is 10.5. The molecule has 2 aromatic rings. The number of nitrogens with one attached hydrogen (secondary N) is 1. The van der Waals surface area contributed by atoms with E-state index in [2.05, 4.69) is 5.32 Å². The van der Waals surface area contributed by atoms with E-state index in [1.165, 1.54) is 40.7 Å². The smallest absolute Gasteiger partial charge is 0.294 e. The topological polar surface area (TPSA) is 92.6 Å². The van der Waals surface area contributed by atoms with Crippen LogP contribution in [0.1, 0.15) is 13.8 Å². The number of benzene rings is 2. The normalized spacial score (nSPS) is 11.5. The molecule has 0 aliphatic rings. The molecule has 0 spiro atoms. The van der Waals surface area contributed by atoms with Crippen LogP contribution in [0.5, 0.6) is 0 Å². The van der Waals surface area contributed by atoms with Crippen LogP contribution in [0.3, 0.4) is 0 Å². The standard InChI is InChI=1S/C16H18FN3O4S/c1-3-19(4-2)25(23,24)14-9-10-15(16(11-14)20(21)22)18-13-7-5-12(17)6-8-13/h5-11,18H,3-4H2,1-2H3. The van der Waals surface area contributed by atoms with Crippen LogP contribution in [0.4, 0.5) is 21.5 Å². The molecule has 9 heteroatoms. The number of anilines is 2. The quantitative estimate of drug-likeness (QED) is 0.597. The van der Waals surface area contributed by atoms with E-state index in [4.69, 9.17) is 0 Å². The van der Waals surface area contributed by atoms with Crippen LogP contribution in [-0.4, -0.2) is 30.7 Å². The second-order valence-electron chi connectivity index (χ2n) is 5.16. The summed E-state index contributed by atoms with van der Waals surface area (Å²) in [5, 5.41) is 14.2. The van der Waals surface area contributed by atoms with Gasteiger partial charge in [0.1, 0.15) is 11.5 Å². The predicted octanol–water partition coefficient (Wildman–Crippen LogP) is 3.51. The van der Waals surface area contributed by atoms with E-state index in [-0.39, 0.29) is 29.4 Å². The summed E-state index contributed by atoms with van der Waals surface area (Å²) in [6.45, 7) is 3.92. The van der Waals surface area contributed by atoms with Gasteiger partial charge in [0.2, 0.25) is 10.0 Å². The van der Waals surface area contributed by atoms with Crippen LogP contribution in [0.25, 0.3) is 0 Å². The molecule has 0 aliphatic carbocycles. The van der Waals surface area contributed by atoms with Gasteiger partial charge < -0.3 is 5.32 Å². The van der Waals surface area contributed by atoms with Crippen molar-refractivity contribution in [1.29, 1.82) is 0 Å². The molecule has 0 amide bonds. The molecule has 0 aromatic heterocycles. The summed E-state index contributed by atoms with van der Waals surface area (Å²) in [6, 6.07) is 8.96. The first kappa shape index (κ1) is 18.8. The van der Waals surface area contributed by atoms with Crippen molar-refractivity contribution in [3.8, 4) is 0 Å². The fourth-order valence-corrected chi connectivity index (χ4v) is 3.81. The molecule has 0 saturated carbocycles. The number of nitro groups is 1. The fraction of sp³-hybridized carbons (Fsp3) is 0.250. The van der Waals surface area contributed by atoms with E-state index in [0.29, 0.717) is 5.69 Å². The molecule has 0 fully saturated rings. The van der Waals surface area contributed by atoms with Gasteiger partial charge >= 0.3 is 0 Å². The Hall–Kier alpha value is -2.52. The zero-order chi connectivity index (χ0) is 18.6. The number of hydrogen-bond donors (Lipinski definition) is 1. The Kier molecular flexibility index (Phi) is 5.70. The number of sulfonamides is 1. The Morgan fingerprint density at radius 3 is 2.24 bits per heavy atom. The zero-order valence-electron chi connectivity index (χ0n) is 13.8. The van der Waals surface area contributed by atoms with Crippen molar-refractivity contribution in [2.24, 2.45) is 0 Å². The maximum Gasteiger partial charge on any atom is 0.294 e. The van der Waals surface area contributed by atoms with Gasteiger partial charge in [0.25, 0.3) is 5.69 Å². The molecule has 1 N–H and O–H groups in total. The Morgan fingerprint density at radius 1 is 1.12 bits per heavy atom. The van der Waals surface area contributed by atoms with E-state index in [1.807, 2.05) is 0 Å². The van der Waals surface area contributed by atoms with Crippen LogP contribution in [0.2, 0.25) is 0 Å². The van der Waals surface area contributed by atoms with Crippen molar-refractivity contribution in [3.05, 3.63) is 58.4 Å². The van der Waals surface area contributed by atoms with Gasteiger partial charge in [0, 0.05) is 24.8 Å². The Morgan fingerprint density at radius 2 is 1.72 bits per heavy atom. The molecule has 0 atom stereocenters. The van der Waals surface area contributed by atoms with Crippen LogP contribution in [0, 0.1) is 15.9 Å². The summed E-state index contributed by atoms with van der Waals surface area (Å²) in [5.41, 5.74) is 0.191. The minimum absolute atomic E-state index is 0.120. The van der Waals surface area contributed by atoms with Gasteiger partial charge in [0.15, 0.2) is 0 Å². The molecule has 25 heavy (non-hydrogen) atoms. The second kappa shape index (κ2) is 7.58. The summed E-state index contributed by atoms with van der Waals surface area (Å²) >= 11 is 0.